The van der Waals surface area contributed by atoms with E-state index in [1.54, 1.807) is 37.3 Å². The Bertz CT molecular complexity index is 1310. The highest BCUT2D eigenvalue weighted by atomic mass is 19.1. The molecule has 0 aliphatic carbocycles. The third-order valence-corrected chi connectivity index (χ3v) is 4.92. The quantitative estimate of drug-likeness (QED) is 0.187. The molecule has 178 valence electrons. The van der Waals surface area contributed by atoms with Crippen LogP contribution in [0.3, 0.4) is 0 Å². The fourth-order valence-electron chi connectivity index (χ4n) is 3.15. The lowest BCUT2D eigenvalue weighted by molar-refractivity contribution is -0.384. The van der Waals surface area contributed by atoms with Gasteiger partial charge < -0.3 is 14.8 Å². The van der Waals surface area contributed by atoms with Gasteiger partial charge in [0.1, 0.15) is 24.1 Å². The van der Waals surface area contributed by atoms with Gasteiger partial charge in [-0.3, -0.25) is 14.9 Å². The van der Waals surface area contributed by atoms with E-state index in [0.717, 1.165) is 5.56 Å². The van der Waals surface area contributed by atoms with Gasteiger partial charge in [0.15, 0.2) is 11.5 Å². The van der Waals surface area contributed by atoms with E-state index in [0.29, 0.717) is 34.9 Å². The highest BCUT2D eigenvalue weighted by molar-refractivity contribution is 6.10. The third-order valence-electron chi connectivity index (χ3n) is 4.92. The van der Waals surface area contributed by atoms with Gasteiger partial charge in [-0.25, -0.2) is 4.39 Å². The minimum absolute atomic E-state index is 0.0956. The van der Waals surface area contributed by atoms with Crippen LogP contribution >= 0.6 is 0 Å². The van der Waals surface area contributed by atoms with E-state index < -0.39 is 10.8 Å². The second-order valence-electron chi connectivity index (χ2n) is 7.43. The molecule has 0 saturated heterocycles. The average Bonchev–Trinajstić information content (AvgIpc) is 2.84. The van der Waals surface area contributed by atoms with Crippen LogP contribution in [0, 0.1) is 34.2 Å². The number of anilines is 1. The highest BCUT2D eigenvalue weighted by Crippen LogP contribution is 2.30. The predicted octanol–water partition coefficient (Wildman–Crippen LogP) is 5.57. The van der Waals surface area contributed by atoms with Crippen LogP contribution in [0.2, 0.25) is 0 Å². The van der Waals surface area contributed by atoms with Crippen molar-refractivity contribution in [1.29, 1.82) is 5.26 Å². The van der Waals surface area contributed by atoms with E-state index in [4.69, 9.17) is 9.47 Å². The molecule has 0 saturated carbocycles. The number of amides is 1. The van der Waals surface area contributed by atoms with Gasteiger partial charge in [0.2, 0.25) is 0 Å². The topological polar surface area (TPSA) is 114 Å². The van der Waals surface area contributed by atoms with Gasteiger partial charge in [-0.2, -0.15) is 5.26 Å². The minimum Gasteiger partial charge on any atom is -0.490 e. The normalized spacial score (nSPS) is 10.9. The summed E-state index contributed by atoms with van der Waals surface area (Å²) in [6, 6.07) is 16.8. The van der Waals surface area contributed by atoms with Crippen LogP contribution in [0.25, 0.3) is 6.08 Å². The van der Waals surface area contributed by atoms with E-state index in [1.807, 2.05) is 13.0 Å². The summed E-state index contributed by atoms with van der Waals surface area (Å²) in [6.07, 6.45) is 1.41. The van der Waals surface area contributed by atoms with E-state index >= 15 is 0 Å². The summed E-state index contributed by atoms with van der Waals surface area (Å²) in [5, 5.41) is 23.0. The molecule has 0 spiro atoms. The van der Waals surface area contributed by atoms with E-state index in [9.17, 15) is 24.6 Å². The second kappa shape index (κ2) is 11.4. The number of carbonyl (C=O) groups excluding carboxylic acids is 1. The Hall–Kier alpha value is -4.71. The molecule has 0 radical (unpaired) electrons. The molecule has 3 aromatic carbocycles. The predicted molar refractivity (Wildman–Crippen MR) is 128 cm³/mol. The zero-order chi connectivity index (χ0) is 25.4. The zero-order valence-corrected chi connectivity index (χ0v) is 19.1. The molecule has 3 aromatic rings. The first kappa shape index (κ1) is 24.9. The second-order valence-corrected chi connectivity index (χ2v) is 7.43. The molecule has 0 fully saturated rings. The third kappa shape index (κ3) is 6.65. The Morgan fingerprint density at radius 3 is 2.49 bits per heavy atom. The maximum Gasteiger partial charge on any atom is 0.269 e. The molecule has 0 aliphatic heterocycles. The van der Waals surface area contributed by atoms with Crippen LogP contribution in [0.4, 0.5) is 15.8 Å². The van der Waals surface area contributed by atoms with Crippen molar-refractivity contribution in [3.63, 3.8) is 0 Å². The number of nitriles is 1. The SMILES string of the molecule is CCOc1cc(C=C(C#N)C(=O)Nc2ccc([N+](=O)[O-])cc2C)ccc1OCc1ccc(F)cc1. The number of benzene rings is 3. The number of carbonyl (C=O) groups is 1. The molecule has 1 N–H and O–H groups in total. The summed E-state index contributed by atoms with van der Waals surface area (Å²) in [5.74, 6) is -0.106. The molecule has 35 heavy (non-hydrogen) atoms. The number of nitro benzene ring substituents is 1. The van der Waals surface area contributed by atoms with Gasteiger partial charge >= 0.3 is 0 Å². The lowest BCUT2D eigenvalue weighted by atomic mass is 10.1. The highest BCUT2D eigenvalue weighted by Gasteiger charge is 2.14. The van der Waals surface area contributed by atoms with E-state index in [1.165, 1.54) is 36.4 Å². The summed E-state index contributed by atoms with van der Waals surface area (Å²) >= 11 is 0. The molecule has 8 nitrogen and oxygen atoms in total. The van der Waals surface area contributed by atoms with Crippen molar-refractivity contribution in [3.8, 4) is 17.6 Å². The Morgan fingerprint density at radius 1 is 1.11 bits per heavy atom. The molecule has 0 aliphatic rings. The number of nitrogens with zero attached hydrogens (tertiary/aromatic N) is 2. The lowest BCUT2D eigenvalue weighted by Gasteiger charge is -2.13. The molecule has 3 rings (SSSR count). The Balaban J connectivity index is 1.78. The van der Waals surface area contributed by atoms with Crippen molar-refractivity contribution in [3.05, 3.63) is 98.9 Å². The van der Waals surface area contributed by atoms with Gasteiger partial charge in [0.05, 0.1) is 11.5 Å². The maximum atomic E-state index is 13.1. The Kier molecular flexibility index (Phi) is 8.14. The van der Waals surface area contributed by atoms with Gasteiger partial charge in [-0.15, -0.1) is 0 Å². The fourth-order valence-corrected chi connectivity index (χ4v) is 3.15. The van der Waals surface area contributed by atoms with Crippen LogP contribution < -0.4 is 14.8 Å². The van der Waals surface area contributed by atoms with Crippen LogP contribution in [-0.4, -0.2) is 17.4 Å². The first-order chi connectivity index (χ1) is 16.8. The summed E-state index contributed by atoms with van der Waals surface area (Å²) in [7, 11) is 0. The van der Waals surface area contributed by atoms with Crippen molar-refractivity contribution in [2.75, 3.05) is 11.9 Å². The first-order valence-electron chi connectivity index (χ1n) is 10.6. The smallest absolute Gasteiger partial charge is 0.269 e. The molecule has 0 unspecified atom stereocenters. The van der Waals surface area contributed by atoms with Crippen LogP contribution in [0.1, 0.15) is 23.6 Å². The van der Waals surface area contributed by atoms with Gasteiger partial charge in [-0.05, 0) is 66.9 Å². The molecule has 0 aromatic heterocycles. The van der Waals surface area contributed by atoms with Gasteiger partial charge in [0.25, 0.3) is 11.6 Å². The number of non-ortho nitro benzene ring substituents is 1. The van der Waals surface area contributed by atoms with Crippen molar-refractivity contribution >= 4 is 23.4 Å². The van der Waals surface area contributed by atoms with Crippen molar-refractivity contribution in [2.24, 2.45) is 0 Å². The summed E-state index contributed by atoms with van der Waals surface area (Å²) in [5.41, 5.74) is 1.91. The monoisotopic (exact) mass is 475 g/mol. The number of halogens is 1. The van der Waals surface area contributed by atoms with Crippen molar-refractivity contribution < 1.29 is 23.6 Å². The molecule has 9 heteroatoms. The molecule has 1 amide bonds. The standard InChI is InChI=1S/C26H22FN3O5/c1-3-34-25-14-19(6-11-24(25)35-16-18-4-7-21(27)8-5-18)13-20(15-28)26(31)29-23-10-9-22(30(32)33)12-17(23)2/h4-14H,3,16H2,1-2H3,(H,29,31). The molecule has 0 heterocycles. The Morgan fingerprint density at radius 2 is 1.86 bits per heavy atom. The first-order valence-corrected chi connectivity index (χ1v) is 10.6. The number of nitro groups is 1. The van der Waals surface area contributed by atoms with Gasteiger partial charge in [0, 0.05) is 17.8 Å². The summed E-state index contributed by atoms with van der Waals surface area (Å²) in [4.78, 5) is 23.0. The number of ether oxygens (including phenoxy) is 2. The number of hydrogen-bond acceptors (Lipinski definition) is 6. The number of hydrogen-bond donors (Lipinski definition) is 1. The number of aryl methyl sites for hydroxylation is 1. The van der Waals surface area contributed by atoms with Crippen molar-refractivity contribution in [2.45, 2.75) is 20.5 Å². The lowest BCUT2D eigenvalue weighted by Crippen LogP contribution is -2.14. The number of nitrogens with one attached hydrogen (secondary N) is 1. The minimum atomic E-state index is -0.654. The Labute approximate surface area is 201 Å². The molecular formula is C26H22FN3O5. The van der Waals surface area contributed by atoms with Crippen LogP contribution in [0.15, 0.2) is 66.2 Å². The van der Waals surface area contributed by atoms with Crippen LogP contribution in [-0.2, 0) is 11.4 Å². The molecule has 0 atom stereocenters. The summed E-state index contributed by atoms with van der Waals surface area (Å²) in [6.45, 7) is 4.01. The number of rotatable bonds is 9. The molecule has 0 bridgehead atoms. The molecular weight excluding hydrogens is 453 g/mol. The van der Waals surface area contributed by atoms with Crippen LogP contribution in [0.5, 0.6) is 11.5 Å². The largest absolute Gasteiger partial charge is 0.490 e. The zero-order valence-electron chi connectivity index (χ0n) is 19.1. The average molecular weight is 475 g/mol. The van der Waals surface area contributed by atoms with E-state index in [2.05, 4.69) is 5.32 Å². The fraction of sp³-hybridized carbons (Fsp3) is 0.154. The van der Waals surface area contributed by atoms with Crippen molar-refractivity contribution in [1.82, 2.24) is 0 Å². The van der Waals surface area contributed by atoms with Gasteiger partial charge in [-0.1, -0.05) is 18.2 Å². The maximum absolute atomic E-state index is 13.1. The van der Waals surface area contributed by atoms with E-state index in [-0.39, 0.29) is 23.7 Å². The summed E-state index contributed by atoms with van der Waals surface area (Å²) < 4.78 is 24.6.